The second-order valence-corrected chi connectivity index (χ2v) is 12.6. The maximum atomic E-state index is 8.58. The maximum Gasteiger partial charge on any atom is 0.0632 e. The molecular formula is C42H31N3S. The highest BCUT2D eigenvalue weighted by Crippen LogP contribution is 2.44. The van der Waals surface area contributed by atoms with E-state index in [0.717, 1.165) is 27.8 Å². The first-order valence-corrected chi connectivity index (χ1v) is 16.2. The summed E-state index contributed by atoms with van der Waals surface area (Å²) in [5.41, 5.74) is 13.8. The topological polar surface area (TPSA) is 54.8 Å². The van der Waals surface area contributed by atoms with Gasteiger partial charge in [-0.3, -0.25) is 0 Å². The number of thiophene rings is 1. The predicted octanol–water partition coefficient (Wildman–Crippen LogP) is 11.3. The Bertz CT molecular complexity index is 2580. The molecule has 8 aromatic rings. The van der Waals surface area contributed by atoms with E-state index in [0.29, 0.717) is 11.4 Å². The number of hydrogen-bond donors (Lipinski definition) is 2. The largest absolute Gasteiger partial charge is 0.398 e. The van der Waals surface area contributed by atoms with Crippen LogP contribution in [0.4, 0.5) is 0 Å². The number of benzene rings is 6. The smallest absolute Gasteiger partial charge is 0.0632 e. The molecule has 3 nitrogen and oxygen atoms in total. The van der Waals surface area contributed by atoms with Crippen molar-refractivity contribution < 1.29 is 0 Å². The second kappa shape index (κ2) is 11.0. The van der Waals surface area contributed by atoms with Crippen molar-refractivity contribution in [3.8, 4) is 5.69 Å². The highest BCUT2D eigenvalue weighted by Gasteiger charge is 2.18. The lowest BCUT2D eigenvalue weighted by Crippen LogP contribution is -2.03. The number of rotatable bonds is 6. The Morgan fingerprint density at radius 2 is 1.46 bits per heavy atom. The summed E-state index contributed by atoms with van der Waals surface area (Å²) < 4.78 is 3.63. The molecule has 0 aliphatic rings. The second-order valence-electron chi connectivity index (χ2n) is 11.5. The molecule has 4 heteroatoms. The average Bonchev–Trinajstić information content (AvgIpc) is 3.63. The lowest BCUT2D eigenvalue weighted by molar-refractivity contribution is 1.18. The first kappa shape index (κ1) is 27.8. The first-order chi connectivity index (χ1) is 22.6. The number of aromatic nitrogens is 1. The summed E-state index contributed by atoms with van der Waals surface area (Å²) >= 11 is 1.84. The van der Waals surface area contributed by atoms with Crippen molar-refractivity contribution >= 4 is 88.3 Å². The molecule has 0 spiro atoms. The molecule has 0 amide bonds. The van der Waals surface area contributed by atoms with E-state index in [9.17, 15) is 0 Å². The maximum absolute atomic E-state index is 8.58. The standard InChI is InChI=1S/C42H31N3S/c1-3-11-39-30(4-2)33-21-19-27-18-20-32-31(40(27)42(33)46-39)22-23-38-41(32)34-16-8-9-17-37(34)45(38)29-15-10-14-28(24-29)36(44)25-35(43)26-12-6-5-7-13-26/h3-25,43H,2,44H2,1H3/b11-3-,36-25-,43-35?. The Morgan fingerprint density at radius 1 is 0.739 bits per heavy atom. The van der Waals surface area contributed by atoms with Gasteiger partial charge in [0, 0.05) is 42.5 Å². The molecule has 0 saturated carbocycles. The molecule has 46 heavy (non-hydrogen) atoms. The van der Waals surface area contributed by atoms with Gasteiger partial charge in [0.05, 0.1) is 16.7 Å². The van der Waals surface area contributed by atoms with Crippen LogP contribution in [0.25, 0.3) is 77.0 Å². The molecule has 0 fully saturated rings. The lowest BCUT2D eigenvalue weighted by Gasteiger charge is -2.12. The Labute approximate surface area is 271 Å². The molecule has 0 radical (unpaired) electrons. The molecule has 2 heterocycles. The van der Waals surface area contributed by atoms with Gasteiger partial charge in [-0.25, -0.2) is 0 Å². The zero-order chi connectivity index (χ0) is 31.4. The molecule has 0 aliphatic carbocycles. The van der Waals surface area contributed by atoms with Crippen LogP contribution in [0, 0.1) is 5.41 Å². The van der Waals surface area contributed by atoms with Crippen molar-refractivity contribution in [2.24, 2.45) is 5.73 Å². The fraction of sp³-hybridized carbons (Fsp3) is 0.0238. The molecule has 0 aliphatic heterocycles. The summed E-state index contributed by atoms with van der Waals surface area (Å²) in [5, 5.41) is 17.3. The molecule has 8 rings (SSSR count). The van der Waals surface area contributed by atoms with Crippen LogP contribution in [0.3, 0.4) is 0 Å². The Morgan fingerprint density at radius 3 is 2.26 bits per heavy atom. The number of allylic oxidation sites excluding steroid dienone is 2. The van der Waals surface area contributed by atoms with Crippen molar-refractivity contribution in [2.45, 2.75) is 6.92 Å². The first-order valence-electron chi connectivity index (χ1n) is 15.4. The van der Waals surface area contributed by atoms with Crippen molar-refractivity contribution in [2.75, 3.05) is 0 Å². The third-order valence-electron chi connectivity index (χ3n) is 8.88. The van der Waals surface area contributed by atoms with Crippen LogP contribution in [-0.2, 0) is 0 Å². The van der Waals surface area contributed by atoms with Gasteiger partial charge < -0.3 is 15.7 Å². The SMILES string of the molecule is C=Cc1c(/C=C\C)sc2c1ccc1ccc3c(ccc4c3c3ccccc3n4-c3cccc(/C(N)=C/C(=N)c4ccccc4)c3)c12. The minimum absolute atomic E-state index is 0.386. The number of nitrogens with one attached hydrogen (secondary N) is 1. The zero-order valence-corrected chi connectivity index (χ0v) is 26.2. The van der Waals surface area contributed by atoms with Gasteiger partial charge in [0.1, 0.15) is 0 Å². The van der Waals surface area contributed by atoms with E-state index in [1.54, 1.807) is 6.08 Å². The van der Waals surface area contributed by atoms with E-state index >= 15 is 0 Å². The summed E-state index contributed by atoms with van der Waals surface area (Å²) in [4.78, 5) is 1.24. The number of para-hydroxylation sites is 1. The molecule has 0 atom stereocenters. The number of fused-ring (bicyclic) bond motifs is 9. The van der Waals surface area contributed by atoms with Gasteiger partial charge >= 0.3 is 0 Å². The van der Waals surface area contributed by atoms with Crippen molar-refractivity contribution in [3.63, 3.8) is 0 Å². The van der Waals surface area contributed by atoms with Crippen LogP contribution < -0.4 is 5.73 Å². The molecular weight excluding hydrogens is 579 g/mol. The van der Waals surface area contributed by atoms with Crippen LogP contribution in [0.1, 0.15) is 28.5 Å². The van der Waals surface area contributed by atoms with Gasteiger partial charge in [-0.15, -0.1) is 11.3 Å². The van der Waals surface area contributed by atoms with Gasteiger partial charge in [0.2, 0.25) is 0 Å². The van der Waals surface area contributed by atoms with Crippen molar-refractivity contribution in [1.29, 1.82) is 5.41 Å². The zero-order valence-electron chi connectivity index (χ0n) is 25.4. The highest BCUT2D eigenvalue weighted by molar-refractivity contribution is 7.21. The van der Waals surface area contributed by atoms with E-state index in [1.807, 2.05) is 59.9 Å². The van der Waals surface area contributed by atoms with Crippen molar-refractivity contribution in [3.05, 3.63) is 156 Å². The number of nitrogens with two attached hydrogens (primary N) is 1. The summed E-state index contributed by atoms with van der Waals surface area (Å²) in [6, 6.07) is 40.2. The monoisotopic (exact) mass is 609 g/mol. The van der Waals surface area contributed by atoms with Crippen LogP contribution in [0.5, 0.6) is 0 Å². The van der Waals surface area contributed by atoms with Gasteiger partial charge in [0.25, 0.3) is 0 Å². The van der Waals surface area contributed by atoms with E-state index in [4.69, 9.17) is 11.1 Å². The van der Waals surface area contributed by atoms with E-state index < -0.39 is 0 Å². The van der Waals surface area contributed by atoms with Crippen LogP contribution >= 0.6 is 11.3 Å². The quantitative estimate of drug-likeness (QED) is 0.143. The molecule has 6 aromatic carbocycles. The lowest BCUT2D eigenvalue weighted by atomic mass is 9.96. The number of nitrogens with zero attached hydrogens (tertiary/aromatic N) is 1. The molecule has 0 bridgehead atoms. The Hall–Kier alpha value is -5.71. The van der Waals surface area contributed by atoms with Crippen LogP contribution in [0.2, 0.25) is 0 Å². The number of hydrogen-bond acceptors (Lipinski definition) is 3. The van der Waals surface area contributed by atoms with E-state index in [2.05, 4.69) is 103 Å². The average molecular weight is 610 g/mol. The summed E-state index contributed by atoms with van der Waals surface area (Å²) in [6.07, 6.45) is 8.01. The normalized spacial score (nSPS) is 12.3. The van der Waals surface area contributed by atoms with Gasteiger partial charge in [-0.05, 0) is 76.2 Å². The summed E-state index contributed by atoms with van der Waals surface area (Å²) in [7, 11) is 0. The predicted molar refractivity (Wildman–Crippen MR) is 201 cm³/mol. The third-order valence-corrected chi connectivity index (χ3v) is 10.1. The Kier molecular flexibility index (Phi) is 6.66. The molecule has 220 valence electrons. The molecule has 0 saturated heterocycles. The summed E-state index contributed by atoms with van der Waals surface area (Å²) in [6.45, 7) is 6.20. The minimum atomic E-state index is 0.386. The van der Waals surface area contributed by atoms with E-state index in [1.165, 1.54) is 52.8 Å². The highest BCUT2D eigenvalue weighted by atomic mass is 32.1. The van der Waals surface area contributed by atoms with Gasteiger partial charge in [-0.2, -0.15) is 0 Å². The van der Waals surface area contributed by atoms with Crippen LogP contribution in [-0.4, -0.2) is 10.3 Å². The minimum Gasteiger partial charge on any atom is -0.398 e. The summed E-state index contributed by atoms with van der Waals surface area (Å²) in [5.74, 6) is 0. The van der Waals surface area contributed by atoms with E-state index in [-0.39, 0.29) is 0 Å². The van der Waals surface area contributed by atoms with Crippen molar-refractivity contribution in [1.82, 2.24) is 4.57 Å². The van der Waals surface area contributed by atoms with Gasteiger partial charge in [0.15, 0.2) is 0 Å². The Balaban J connectivity index is 1.36. The molecule has 2 aromatic heterocycles. The third kappa shape index (κ3) is 4.30. The fourth-order valence-electron chi connectivity index (χ4n) is 6.81. The fourth-order valence-corrected chi connectivity index (χ4v) is 8.16. The molecule has 3 N–H and O–H groups in total. The van der Waals surface area contributed by atoms with Crippen LogP contribution in [0.15, 0.2) is 134 Å². The molecule has 0 unspecified atom stereocenters. The van der Waals surface area contributed by atoms with Gasteiger partial charge in [-0.1, -0.05) is 110 Å².